The molecule has 1 heterocycles. The van der Waals surface area contributed by atoms with Crippen molar-refractivity contribution in [2.24, 2.45) is 0 Å². The van der Waals surface area contributed by atoms with Crippen molar-refractivity contribution in [2.75, 3.05) is 26.0 Å². The number of aromatic nitrogens is 2. The van der Waals surface area contributed by atoms with Crippen molar-refractivity contribution in [1.29, 1.82) is 0 Å². The van der Waals surface area contributed by atoms with Crippen molar-refractivity contribution in [3.05, 3.63) is 93.9 Å². The highest BCUT2D eigenvalue weighted by atomic mass is 16.2. The summed E-state index contributed by atoms with van der Waals surface area (Å²) in [7, 11) is 5.71. The Labute approximate surface area is 164 Å². The third-order valence-corrected chi connectivity index (χ3v) is 4.48. The second-order valence-electron chi connectivity index (χ2n) is 6.92. The Morgan fingerprint density at radius 1 is 0.893 bits per heavy atom. The van der Waals surface area contributed by atoms with E-state index >= 15 is 0 Å². The van der Waals surface area contributed by atoms with Gasteiger partial charge in [0.2, 0.25) is 0 Å². The molecule has 0 unspecified atom stereocenters. The zero-order valence-electron chi connectivity index (χ0n) is 16.4. The second-order valence-corrected chi connectivity index (χ2v) is 6.92. The number of hydrogen-bond acceptors (Lipinski definition) is 4. The van der Waals surface area contributed by atoms with Crippen LogP contribution in [0.2, 0.25) is 0 Å². The summed E-state index contributed by atoms with van der Waals surface area (Å²) in [5, 5.41) is 4.27. The molecule has 0 aliphatic carbocycles. The van der Waals surface area contributed by atoms with Crippen LogP contribution in [-0.2, 0) is 13.1 Å². The minimum Gasteiger partial charge on any atom is -0.378 e. The molecule has 3 rings (SSSR count). The summed E-state index contributed by atoms with van der Waals surface area (Å²) in [5.41, 5.74) is 3.10. The van der Waals surface area contributed by atoms with Gasteiger partial charge in [-0.2, -0.15) is 5.10 Å². The lowest BCUT2D eigenvalue weighted by atomic mass is 10.2. The SMILES string of the molecule is CN(Cc1ccc(N(C)C)cc1)C(=O)c1ccc(=O)n(Cc2ccccc2)n1. The molecule has 2 aromatic carbocycles. The molecule has 0 spiro atoms. The van der Waals surface area contributed by atoms with Crippen LogP contribution in [0.25, 0.3) is 0 Å². The fourth-order valence-electron chi connectivity index (χ4n) is 2.87. The molecule has 1 aromatic heterocycles. The van der Waals surface area contributed by atoms with E-state index in [1.54, 1.807) is 11.9 Å². The van der Waals surface area contributed by atoms with Crippen LogP contribution < -0.4 is 10.5 Å². The molecule has 3 aromatic rings. The normalized spacial score (nSPS) is 10.5. The molecule has 0 radical (unpaired) electrons. The van der Waals surface area contributed by atoms with Crippen LogP contribution in [0, 0.1) is 0 Å². The summed E-state index contributed by atoms with van der Waals surface area (Å²) >= 11 is 0. The number of benzene rings is 2. The molecule has 6 nitrogen and oxygen atoms in total. The minimum atomic E-state index is -0.234. The molecule has 0 aliphatic heterocycles. The number of anilines is 1. The molecule has 0 bridgehead atoms. The topological polar surface area (TPSA) is 58.4 Å². The van der Waals surface area contributed by atoms with Crippen LogP contribution in [0.3, 0.4) is 0 Å². The second kappa shape index (κ2) is 8.52. The molecular weight excluding hydrogens is 352 g/mol. The highest BCUT2D eigenvalue weighted by molar-refractivity contribution is 5.91. The highest BCUT2D eigenvalue weighted by Gasteiger charge is 2.15. The number of amides is 1. The highest BCUT2D eigenvalue weighted by Crippen LogP contribution is 2.14. The van der Waals surface area contributed by atoms with Gasteiger partial charge >= 0.3 is 0 Å². The predicted molar refractivity (Wildman–Crippen MR) is 111 cm³/mol. The molecule has 6 heteroatoms. The Balaban J connectivity index is 1.74. The van der Waals surface area contributed by atoms with Crippen LogP contribution in [0.1, 0.15) is 21.6 Å². The molecule has 1 amide bonds. The van der Waals surface area contributed by atoms with Gasteiger partial charge in [0.1, 0.15) is 5.69 Å². The Bertz CT molecular complexity index is 995. The summed E-state index contributed by atoms with van der Waals surface area (Å²) in [6, 6.07) is 20.5. The summed E-state index contributed by atoms with van der Waals surface area (Å²) in [4.78, 5) is 28.5. The Morgan fingerprint density at radius 2 is 1.57 bits per heavy atom. The standard InChI is InChI=1S/C22H24N4O2/c1-24(2)19-11-9-18(10-12-19)15-25(3)22(28)20-13-14-21(27)26(23-20)16-17-7-5-4-6-8-17/h4-14H,15-16H2,1-3H3. The maximum atomic E-state index is 12.8. The molecule has 0 atom stereocenters. The smallest absolute Gasteiger partial charge is 0.274 e. The van der Waals surface area contributed by atoms with Crippen LogP contribution in [-0.4, -0.2) is 41.7 Å². The van der Waals surface area contributed by atoms with Gasteiger partial charge < -0.3 is 9.80 Å². The van der Waals surface area contributed by atoms with Crippen molar-refractivity contribution >= 4 is 11.6 Å². The number of nitrogens with zero attached hydrogens (tertiary/aromatic N) is 4. The Morgan fingerprint density at radius 3 is 2.21 bits per heavy atom. The van der Waals surface area contributed by atoms with Gasteiger partial charge in [-0.15, -0.1) is 0 Å². The predicted octanol–water partition coefficient (Wildman–Crippen LogP) is 2.63. The van der Waals surface area contributed by atoms with Crippen molar-refractivity contribution in [2.45, 2.75) is 13.1 Å². The summed E-state index contributed by atoms with van der Waals surface area (Å²) in [6.07, 6.45) is 0. The average molecular weight is 376 g/mol. The van der Waals surface area contributed by atoms with Gasteiger partial charge in [0.15, 0.2) is 0 Å². The van der Waals surface area contributed by atoms with Gasteiger partial charge in [0, 0.05) is 39.4 Å². The zero-order valence-corrected chi connectivity index (χ0v) is 16.4. The molecule has 0 saturated carbocycles. The van der Waals surface area contributed by atoms with Crippen molar-refractivity contribution < 1.29 is 4.79 Å². The van der Waals surface area contributed by atoms with E-state index in [4.69, 9.17) is 0 Å². The number of carbonyl (C=O) groups is 1. The first-order valence-electron chi connectivity index (χ1n) is 9.08. The zero-order chi connectivity index (χ0) is 20.1. The number of hydrogen-bond donors (Lipinski definition) is 0. The van der Waals surface area contributed by atoms with E-state index in [2.05, 4.69) is 5.10 Å². The van der Waals surface area contributed by atoms with Crippen LogP contribution in [0.4, 0.5) is 5.69 Å². The fraction of sp³-hybridized carbons (Fsp3) is 0.227. The summed E-state index contributed by atoms with van der Waals surface area (Å²) in [5.74, 6) is -0.224. The van der Waals surface area contributed by atoms with Gasteiger partial charge in [0.25, 0.3) is 11.5 Å². The van der Waals surface area contributed by atoms with E-state index in [1.807, 2.05) is 73.6 Å². The summed E-state index contributed by atoms with van der Waals surface area (Å²) < 4.78 is 1.32. The van der Waals surface area contributed by atoms with E-state index in [-0.39, 0.29) is 17.2 Å². The Kier molecular flexibility index (Phi) is 5.89. The van der Waals surface area contributed by atoms with E-state index in [1.165, 1.54) is 16.8 Å². The molecule has 0 saturated heterocycles. The largest absolute Gasteiger partial charge is 0.378 e. The van der Waals surface area contributed by atoms with Crippen LogP contribution >= 0.6 is 0 Å². The molecular formula is C22H24N4O2. The van der Waals surface area contributed by atoms with E-state index < -0.39 is 0 Å². The monoisotopic (exact) mass is 376 g/mol. The van der Waals surface area contributed by atoms with E-state index in [9.17, 15) is 9.59 Å². The lowest BCUT2D eigenvalue weighted by Gasteiger charge is -2.18. The minimum absolute atomic E-state index is 0.224. The van der Waals surface area contributed by atoms with E-state index in [0.29, 0.717) is 13.1 Å². The average Bonchev–Trinajstić information content (AvgIpc) is 2.70. The third kappa shape index (κ3) is 4.65. The number of carbonyl (C=O) groups excluding carboxylic acids is 1. The summed E-state index contributed by atoms with van der Waals surface area (Å²) in [6.45, 7) is 0.794. The van der Waals surface area contributed by atoms with Gasteiger partial charge in [-0.05, 0) is 29.3 Å². The maximum Gasteiger partial charge on any atom is 0.274 e. The molecule has 0 aliphatic rings. The maximum absolute atomic E-state index is 12.8. The Hall–Kier alpha value is -3.41. The lowest BCUT2D eigenvalue weighted by Crippen LogP contribution is -2.31. The quantitative estimate of drug-likeness (QED) is 0.664. The van der Waals surface area contributed by atoms with Crippen LogP contribution in [0.15, 0.2) is 71.5 Å². The molecule has 144 valence electrons. The van der Waals surface area contributed by atoms with Gasteiger partial charge in [-0.1, -0.05) is 42.5 Å². The first-order valence-corrected chi connectivity index (χ1v) is 9.08. The van der Waals surface area contributed by atoms with Gasteiger partial charge in [-0.25, -0.2) is 4.68 Å². The van der Waals surface area contributed by atoms with Crippen molar-refractivity contribution in [3.63, 3.8) is 0 Å². The lowest BCUT2D eigenvalue weighted by molar-refractivity contribution is 0.0776. The van der Waals surface area contributed by atoms with Crippen molar-refractivity contribution in [1.82, 2.24) is 14.7 Å². The third-order valence-electron chi connectivity index (χ3n) is 4.48. The van der Waals surface area contributed by atoms with Crippen molar-refractivity contribution in [3.8, 4) is 0 Å². The molecule has 0 fully saturated rings. The first kappa shape index (κ1) is 19.4. The van der Waals surface area contributed by atoms with Crippen LogP contribution in [0.5, 0.6) is 0 Å². The van der Waals surface area contributed by atoms with E-state index in [0.717, 1.165) is 16.8 Å². The van der Waals surface area contributed by atoms with Gasteiger partial charge in [0.05, 0.1) is 6.54 Å². The molecule has 28 heavy (non-hydrogen) atoms. The molecule has 0 N–H and O–H groups in total. The first-order chi connectivity index (χ1) is 13.4. The number of rotatable bonds is 6. The van der Waals surface area contributed by atoms with Gasteiger partial charge in [-0.3, -0.25) is 9.59 Å². The fourth-order valence-corrected chi connectivity index (χ4v) is 2.87.